The first kappa shape index (κ1) is 6.99. The van der Waals surface area contributed by atoms with Crippen LogP contribution in [-0.2, 0) is 0 Å². The van der Waals surface area contributed by atoms with Gasteiger partial charge < -0.3 is 4.98 Å². The number of aromatic nitrogens is 2. The average Bonchev–Trinajstić information content (AvgIpc) is 1.59. The van der Waals surface area contributed by atoms with Crippen molar-refractivity contribution in [2.75, 3.05) is 0 Å². The third kappa shape index (κ3) is 1.93. The van der Waals surface area contributed by atoms with Gasteiger partial charge in [-0.05, 0) is 11.6 Å². The quantitative estimate of drug-likeness (QED) is 0.378. The first-order chi connectivity index (χ1) is 4.18. The smallest absolute Gasteiger partial charge is 0.202 e. The molecule has 0 atom stereocenters. The van der Waals surface area contributed by atoms with Crippen LogP contribution >= 0.6 is 35.4 Å². The molecule has 1 heterocycles. The lowest BCUT2D eigenvalue weighted by Crippen LogP contribution is -1.80. The summed E-state index contributed by atoms with van der Waals surface area (Å²) in [5, 5.41) is 0.618. The Kier molecular flexibility index (Phi) is 2.05. The Labute approximate surface area is 66.8 Å². The second kappa shape index (κ2) is 2.64. The summed E-state index contributed by atoms with van der Waals surface area (Å²) in [6.07, 6.45) is 0. The van der Waals surface area contributed by atoms with Gasteiger partial charge >= 0.3 is 0 Å². The van der Waals surface area contributed by atoms with E-state index in [-0.39, 0.29) is 5.28 Å². The van der Waals surface area contributed by atoms with Gasteiger partial charge in [-0.3, -0.25) is 0 Å². The van der Waals surface area contributed by atoms with Gasteiger partial charge in [-0.1, -0.05) is 23.8 Å². The molecule has 1 aromatic rings. The van der Waals surface area contributed by atoms with Crippen LogP contribution in [0.25, 0.3) is 0 Å². The van der Waals surface area contributed by atoms with Crippen LogP contribution in [-0.4, -0.2) is 9.97 Å². The monoisotopic (exact) mass is 180 g/mol. The predicted octanol–water partition coefficient (Wildman–Crippen LogP) is 2.45. The standard InChI is InChI=1S/C4H2Cl2N2S/c5-2-1-3(9)8-4(6)7-2/h1H,(H,7,8,9). The normalized spacial score (nSPS) is 9.56. The summed E-state index contributed by atoms with van der Waals surface area (Å²) in [6, 6.07) is 1.52. The fourth-order valence-corrected chi connectivity index (χ4v) is 1.16. The summed E-state index contributed by atoms with van der Waals surface area (Å²) in [7, 11) is 0. The SMILES string of the molecule is S=c1cc(Cl)[nH]c(Cl)n1. The minimum atomic E-state index is 0.215. The highest BCUT2D eigenvalue weighted by Gasteiger charge is 1.89. The molecule has 0 aliphatic carbocycles. The third-order valence-corrected chi connectivity index (χ3v) is 1.27. The fourth-order valence-electron chi connectivity index (χ4n) is 0.400. The van der Waals surface area contributed by atoms with E-state index in [0.717, 1.165) is 0 Å². The number of rotatable bonds is 0. The van der Waals surface area contributed by atoms with Crippen LogP contribution in [0.5, 0.6) is 0 Å². The van der Waals surface area contributed by atoms with E-state index in [2.05, 4.69) is 22.2 Å². The Balaban J connectivity index is 3.33. The number of aromatic amines is 1. The molecule has 9 heavy (non-hydrogen) atoms. The third-order valence-electron chi connectivity index (χ3n) is 0.681. The number of hydrogen-bond donors (Lipinski definition) is 1. The maximum absolute atomic E-state index is 5.50. The molecule has 0 bridgehead atoms. The van der Waals surface area contributed by atoms with Crippen LogP contribution in [0, 0.1) is 4.64 Å². The van der Waals surface area contributed by atoms with Gasteiger partial charge in [0.15, 0.2) is 0 Å². The molecule has 0 aliphatic heterocycles. The van der Waals surface area contributed by atoms with Crippen molar-refractivity contribution < 1.29 is 0 Å². The van der Waals surface area contributed by atoms with Gasteiger partial charge in [0, 0.05) is 6.07 Å². The number of halogens is 2. The Morgan fingerprint density at radius 2 is 2.22 bits per heavy atom. The number of H-pyrrole nitrogens is 1. The molecule has 0 radical (unpaired) electrons. The van der Waals surface area contributed by atoms with Crippen LogP contribution in [0.2, 0.25) is 10.4 Å². The maximum atomic E-state index is 5.50. The molecule has 1 aromatic heterocycles. The lowest BCUT2D eigenvalue weighted by molar-refractivity contribution is 1.15. The van der Waals surface area contributed by atoms with Gasteiger partial charge in [0.25, 0.3) is 0 Å². The molecule has 0 aliphatic rings. The summed E-state index contributed by atoms with van der Waals surface area (Å²) in [5.41, 5.74) is 0. The average molecular weight is 181 g/mol. The lowest BCUT2D eigenvalue weighted by Gasteiger charge is -1.89. The highest BCUT2D eigenvalue weighted by molar-refractivity contribution is 7.71. The summed E-state index contributed by atoms with van der Waals surface area (Å²) in [6.45, 7) is 0. The second-order valence-corrected chi connectivity index (χ2v) is 2.54. The fraction of sp³-hybridized carbons (Fsp3) is 0. The van der Waals surface area contributed by atoms with E-state index in [1.54, 1.807) is 0 Å². The summed E-state index contributed by atoms with van der Waals surface area (Å²) < 4.78 is 0.392. The molecule has 0 saturated heterocycles. The zero-order valence-electron chi connectivity index (χ0n) is 4.19. The highest BCUT2D eigenvalue weighted by Crippen LogP contribution is 2.06. The largest absolute Gasteiger partial charge is 0.321 e. The van der Waals surface area contributed by atoms with E-state index in [0.29, 0.717) is 9.79 Å². The van der Waals surface area contributed by atoms with Crippen molar-refractivity contribution in [1.82, 2.24) is 9.97 Å². The van der Waals surface area contributed by atoms with Crippen LogP contribution in [0.4, 0.5) is 0 Å². The highest BCUT2D eigenvalue weighted by atomic mass is 35.5. The molecule has 0 unspecified atom stereocenters. The van der Waals surface area contributed by atoms with E-state index in [9.17, 15) is 0 Å². The van der Waals surface area contributed by atoms with Crippen molar-refractivity contribution in [2.45, 2.75) is 0 Å². The molecule has 0 spiro atoms. The summed E-state index contributed by atoms with van der Waals surface area (Å²) in [4.78, 5) is 6.24. The molecule has 0 saturated carbocycles. The van der Waals surface area contributed by atoms with Crippen LogP contribution in [0.15, 0.2) is 6.07 Å². The predicted molar refractivity (Wildman–Crippen MR) is 39.4 cm³/mol. The van der Waals surface area contributed by atoms with Crippen LogP contribution in [0.1, 0.15) is 0 Å². The van der Waals surface area contributed by atoms with Crippen LogP contribution < -0.4 is 0 Å². The van der Waals surface area contributed by atoms with E-state index < -0.39 is 0 Å². The minimum absolute atomic E-state index is 0.215. The molecule has 48 valence electrons. The number of nitrogens with one attached hydrogen (secondary N) is 1. The number of hydrogen-bond acceptors (Lipinski definition) is 2. The van der Waals surface area contributed by atoms with Crippen molar-refractivity contribution in [3.8, 4) is 0 Å². The molecule has 2 nitrogen and oxygen atoms in total. The van der Waals surface area contributed by atoms with Gasteiger partial charge in [0.2, 0.25) is 5.28 Å². The van der Waals surface area contributed by atoms with Crippen molar-refractivity contribution in [3.05, 3.63) is 21.1 Å². The Morgan fingerprint density at radius 3 is 2.67 bits per heavy atom. The zero-order chi connectivity index (χ0) is 6.85. The van der Waals surface area contributed by atoms with E-state index in [4.69, 9.17) is 23.2 Å². The van der Waals surface area contributed by atoms with Gasteiger partial charge in [-0.25, -0.2) is 4.98 Å². The topological polar surface area (TPSA) is 28.7 Å². The second-order valence-electron chi connectivity index (χ2n) is 1.36. The Hall–Kier alpha value is -0.120. The summed E-state index contributed by atoms with van der Waals surface area (Å²) >= 11 is 15.6. The first-order valence-electron chi connectivity index (χ1n) is 2.11. The van der Waals surface area contributed by atoms with Gasteiger partial charge in [0.1, 0.15) is 9.79 Å². The molecule has 0 fully saturated rings. The first-order valence-corrected chi connectivity index (χ1v) is 3.27. The summed E-state index contributed by atoms with van der Waals surface area (Å²) in [5.74, 6) is 0. The van der Waals surface area contributed by atoms with E-state index >= 15 is 0 Å². The molecule has 5 heteroatoms. The molecule has 1 rings (SSSR count). The Bertz CT molecular complexity index is 246. The van der Waals surface area contributed by atoms with E-state index in [1.807, 2.05) is 0 Å². The molecule has 0 aromatic carbocycles. The minimum Gasteiger partial charge on any atom is -0.321 e. The van der Waals surface area contributed by atoms with Crippen molar-refractivity contribution in [1.29, 1.82) is 0 Å². The Morgan fingerprint density at radius 1 is 1.56 bits per heavy atom. The van der Waals surface area contributed by atoms with Gasteiger partial charge in [-0.15, -0.1) is 0 Å². The molecular weight excluding hydrogens is 179 g/mol. The van der Waals surface area contributed by atoms with E-state index in [1.165, 1.54) is 6.07 Å². The van der Waals surface area contributed by atoms with Gasteiger partial charge in [0.05, 0.1) is 0 Å². The number of nitrogens with zero attached hydrogens (tertiary/aromatic N) is 1. The van der Waals surface area contributed by atoms with Gasteiger partial charge in [-0.2, -0.15) is 0 Å². The zero-order valence-corrected chi connectivity index (χ0v) is 6.52. The van der Waals surface area contributed by atoms with Crippen LogP contribution in [0.3, 0.4) is 0 Å². The molecular formula is C4H2Cl2N2S. The van der Waals surface area contributed by atoms with Crippen molar-refractivity contribution in [2.24, 2.45) is 0 Å². The maximum Gasteiger partial charge on any atom is 0.202 e. The van der Waals surface area contributed by atoms with Crippen molar-refractivity contribution >= 4 is 35.4 Å². The molecule has 1 N–H and O–H groups in total. The lowest BCUT2D eigenvalue weighted by atomic mass is 10.7. The molecule has 0 amide bonds. The van der Waals surface area contributed by atoms with Crippen molar-refractivity contribution in [3.63, 3.8) is 0 Å².